The van der Waals surface area contributed by atoms with Crippen LogP contribution in [0, 0.1) is 13.8 Å². The van der Waals surface area contributed by atoms with E-state index in [2.05, 4.69) is 52.0 Å². The average molecular weight is 469 g/mol. The molecule has 8 nitrogen and oxygen atoms in total. The van der Waals surface area contributed by atoms with Crippen molar-refractivity contribution in [3.63, 3.8) is 0 Å². The summed E-state index contributed by atoms with van der Waals surface area (Å²) in [7, 11) is 0. The van der Waals surface area contributed by atoms with Crippen molar-refractivity contribution in [1.29, 1.82) is 0 Å². The van der Waals surface area contributed by atoms with Crippen LogP contribution in [0.4, 0.5) is 5.69 Å². The number of carbonyl (C=O) groups excluding carboxylic acids is 1. The molecule has 1 aliphatic carbocycles. The van der Waals surface area contributed by atoms with Crippen LogP contribution in [-0.4, -0.2) is 56.7 Å². The maximum Gasteiger partial charge on any atom is 0.257 e. The van der Waals surface area contributed by atoms with Gasteiger partial charge in [-0.05, 0) is 56.5 Å². The maximum absolute atomic E-state index is 13.6. The number of anilines is 1. The summed E-state index contributed by atoms with van der Waals surface area (Å²) in [6.07, 6.45) is 7.10. The van der Waals surface area contributed by atoms with Gasteiger partial charge in [-0.15, -0.1) is 0 Å². The third kappa shape index (κ3) is 4.09. The van der Waals surface area contributed by atoms with Crippen molar-refractivity contribution in [1.82, 2.24) is 24.6 Å². The standard InChI is InChI=1S/C27H28N6O2/c1-18-5-8-23(19(2)16-18)31-11-13-32(14-12-31)26(34)21-17-29-33(25(21)20-6-7-20)27-28-10-9-22(30-27)24-4-3-15-35-24/h3-5,8-10,15-17,20H,6-7,11-14H2,1-2H3. The lowest BCUT2D eigenvalue weighted by Gasteiger charge is -2.37. The van der Waals surface area contributed by atoms with Crippen molar-refractivity contribution in [2.24, 2.45) is 0 Å². The first kappa shape index (κ1) is 21.6. The predicted octanol–water partition coefficient (Wildman–Crippen LogP) is 4.38. The molecule has 3 aromatic heterocycles. The molecule has 35 heavy (non-hydrogen) atoms. The maximum atomic E-state index is 13.6. The van der Waals surface area contributed by atoms with Gasteiger partial charge in [-0.3, -0.25) is 4.79 Å². The highest BCUT2D eigenvalue weighted by molar-refractivity contribution is 5.95. The summed E-state index contributed by atoms with van der Waals surface area (Å²) in [5.74, 6) is 1.48. The zero-order valence-electron chi connectivity index (χ0n) is 20.0. The number of amides is 1. The third-order valence-electron chi connectivity index (χ3n) is 6.87. The summed E-state index contributed by atoms with van der Waals surface area (Å²) >= 11 is 0. The Balaban J connectivity index is 1.24. The van der Waals surface area contributed by atoms with Gasteiger partial charge in [-0.2, -0.15) is 5.10 Å². The molecule has 1 aromatic carbocycles. The molecule has 0 radical (unpaired) electrons. The average Bonchev–Trinajstić information content (AvgIpc) is 3.38. The van der Waals surface area contributed by atoms with Gasteiger partial charge in [0, 0.05) is 44.0 Å². The molecule has 0 N–H and O–H groups in total. The summed E-state index contributed by atoms with van der Waals surface area (Å²) < 4.78 is 7.23. The predicted molar refractivity (Wildman–Crippen MR) is 133 cm³/mol. The van der Waals surface area contributed by atoms with Crippen molar-refractivity contribution in [3.8, 4) is 17.4 Å². The van der Waals surface area contributed by atoms with Crippen LogP contribution in [0.5, 0.6) is 0 Å². The number of nitrogens with zero attached hydrogens (tertiary/aromatic N) is 6. The fraction of sp³-hybridized carbons (Fsp3) is 0.333. The minimum absolute atomic E-state index is 0.0422. The molecule has 2 fully saturated rings. The van der Waals surface area contributed by atoms with E-state index in [-0.39, 0.29) is 5.91 Å². The van der Waals surface area contributed by atoms with Gasteiger partial charge in [-0.1, -0.05) is 17.7 Å². The molecule has 0 unspecified atom stereocenters. The molecular formula is C27H28N6O2. The number of hydrogen-bond acceptors (Lipinski definition) is 6. The monoisotopic (exact) mass is 468 g/mol. The Morgan fingerprint density at radius 1 is 1.06 bits per heavy atom. The topological polar surface area (TPSA) is 80.3 Å². The van der Waals surface area contributed by atoms with Crippen LogP contribution in [-0.2, 0) is 0 Å². The Morgan fingerprint density at radius 3 is 2.60 bits per heavy atom. The number of rotatable bonds is 5. The Hall–Kier alpha value is -3.94. The lowest BCUT2D eigenvalue weighted by molar-refractivity contribution is 0.0745. The van der Waals surface area contributed by atoms with E-state index in [4.69, 9.17) is 4.42 Å². The number of hydrogen-bond donors (Lipinski definition) is 0. The second kappa shape index (κ2) is 8.69. The molecule has 6 rings (SSSR count). The number of aromatic nitrogens is 4. The summed E-state index contributed by atoms with van der Waals surface area (Å²) in [6.45, 7) is 7.27. The van der Waals surface area contributed by atoms with E-state index in [0.29, 0.717) is 42.0 Å². The van der Waals surface area contributed by atoms with Gasteiger partial charge < -0.3 is 14.2 Å². The molecular weight excluding hydrogens is 440 g/mol. The molecule has 178 valence electrons. The minimum Gasteiger partial charge on any atom is -0.463 e. The van der Waals surface area contributed by atoms with E-state index in [1.165, 1.54) is 16.8 Å². The Labute approximate surface area is 204 Å². The van der Waals surface area contributed by atoms with E-state index in [1.54, 1.807) is 23.3 Å². The molecule has 1 aliphatic heterocycles. The second-order valence-electron chi connectivity index (χ2n) is 9.42. The van der Waals surface area contributed by atoms with E-state index >= 15 is 0 Å². The zero-order chi connectivity index (χ0) is 23.9. The van der Waals surface area contributed by atoms with Gasteiger partial charge in [-0.25, -0.2) is 14.6 Å². The van der Waals surface area contributed by atoms with Gasteiger partial charge in [0.05, 0.1) is 23.7 Å². The third-order valence-corrected chi connectivity index (χ3v) is 6.87. The molecule has 8 heteroatoms. The molecule has 2 aliphatic rings. The molecule has 0 spiro atoms. The van der Waals surface area contributed by atoms with Crippen LogP contribution in [0.3, 0.4) is 0 Å². The van der Waals surface area contributed by atoms with Crippen LogP contribution >= 0.6 is 0 Å². The number of benzene rings is 1. The highest BCUT2D eigenvalue weighted by Gasteiger charge is 2.35. The van der Waals surface area contributed by atoms with Crippen molar-refractivity contribution in [3.05, 3.63) is 77.4 Å². The first-order chi connectivity index (χ1) is 17.1. The lowest BCUT2D eigenvalue weighted by Crippen LogP contribution is -2.49. The minimum atomic E-state index is 0.0422. The van der Waals surface area contributed by atoms with Crippen molar-refractivity contribution >= 4 is 11.6 Å². The van der Waals surface area contributed by atoms with E-state index < -0.39 is 0 Å². The molecule has 0 atom stereocenters. The highest BCUT2D eigenvalue weighted by atomic mass is 16.3. The van der Waals surface area contributed by atoms with Gasteiger partial charge >= 0.3 is 0 Å². The van der Waals surface area contributed by atoms with Crippen molar-refractivity contribution < 1.29 is 9.21 Å². The number of furan rings is 1. The first-order valence-electron chi connectivity index (χ1n) is 12.1. The Bertz CT molecular complexity index is 1360. The number of aryl methyl sites for hydroxylation is 2. The summed E-state index contributed by atoms with van der Waals surface area (Å²) in [4.78, 5) is 27.0. The van der Waals surface area contributed by atoms with E-state index in [9.17, 15) is 4.79 Å². The smallest absolute Gasteiger partial charge is 0.257 e. The molecule has 4 aromatic rings. The van der Waals surface area contributed by atoms with Crippen molar-refractivity contribution in [2.75, 3.05) is 31.1 Å². The van der Waals surface area contributed by atoms with Crippen LogP contribution in [0.1, 0.15) is 45.9 Å². The van der Waals surface area contributed by atoms with Crippen LogP contribution < -0.4 is 4.90 Å². The molecule has 1 saturated heterocycles. The lowest BCUT2D eigenvalue weighted by atomic mass is 10.1. The Morgan fingerprint density at radius 2 is 1.89 bits per heavy atom. The van der Waals surface area contributed by atoms with E-state index in [1.807, 2.05) is 23.1 Å². The second-order valence-corrected chi connectivity index (χ2v) is 9.42. The van der Waals surface area contributed by atoms with Gasteiger partial charge in [0.2, 0.25) is 0 Å². The molecule has 1 amide bonds. The van der Waals surface area contributed by atoms with Crippen LogP contribution in [0.25, 0.3) is 17.4 Å². The molecule has 4 heterocycles. The van der Waals surface area contributed by atoms with Gasteiger partial charge in [0.1, 0.15) is 5.69 Å². The number of carbonyl (C=O) groups is 1. The fourth-order valence-corrected chi connectivity index (χ4v) is 4.92. The summed E-state index contributed by atoms with van der Waals surface area (Å²) in [5, 5.41) is 4.57. The first-order valence-corrected chi connectivity index (χ1v) is 12.1. The fourth-order valence-electron chi connectivity index (χ4n) is 4.92. The SMILES string of the molecule is Cc1ccc(N2CCN(C(=O)c3cnn(-c4nccc(-c5ccco5)n4)c3C3CC3)CC2)c(C)c1. The molecule has 0 bridgehead atoms. The largest absolute Gasteiger partial charge is 0.463 e. The summed E-state index contributed by atoms with van der Waals surface area (Å²) in [5.41, 5.74) is 6.07. The molecule has 1 saturated carbocycles. The zero-order valence-corrected chi connectivity index (χ0v) is 20.0. The van der Waals surface area contributed by atoms with E-state index in [0.717, 1.165) is 31.6 Å². The van der Waals surface area contributed by atoms with Crippen LogP contribution in [0.15, 0.2) is 59.5 Å². The Kier molecular flexibility index (Phi) is 5.36. The normalized spacial score (nSPS) is 16.1. The van der Waals surface area contributed by atoms with Gasteiger partial charge in [0.15, 0.2) is 5.76 Å². The van der Waals surface area contributed by atoms with Crippen molar-refractivity contribution in [2.45, 2.75) is 32.6 Å². The quantitative estimate of drug-likeness (QED) is 0.433. The van der Waals surface area contributed by atoms with Crippen LogP contribution in [0.2, 0.25) is 0 Å². The number of piperazine rings is 1. The van der Waals surface area contributed by atoms with Gasteiger partial charge in [0.25, 0.3) is 11.9 Å². The summed E-state index contributed by atoms with van der Waals surface area (Å²) in [6, 6.07) is 12.1. The highest BCUT2D eigenvalue weighted by Crippen LogP contribution is 2.42.